The molecule has 0 bridgehead atoms. The molecule has 2 N–H and O–H groups in total. The lowest BCUT2D eigenvalue weighted by Gasteiger charge is -2.22. The number of carbonyl (C=O) groups excluding carboxylic acids is 1. The maximum Gasteiger partial charge on any atom is 0.326 e. The molecule has 7 nitrogen and oxygen atoms in total. The third kappa shape index (κ3) is 4.75. The van der Waals surface area contributed by atoms with Crippen LogP contribution in [0, 0.1) is 6.92 Å². The van der Waals surface area contributed by atoms with Gasteiger partial charge in [-0.25, -0.2) is 4.79 Å². The lowest BCUT2D eigenvalue weighted by Crippen LogP contribution is -2.44. The van der Waals surface area contributed by atoms with Gasteiger partial charge in [0.05, 0.1) is 4.91 Å². The number of aryl methyl sites for hydroxylation is 1. The van der Waals surface area contributed by atoms with Crippen molar-refractivity contribution >= 4 is 52.2 Å². The maximum absolute atomic E-state index is 12.7. The van der Waals surface area contributed by atoms with E-state index in [0.717, 1.165) is 27.8 Å². The molecule has 1 aromatic carbocycles. The van der Waals surface area contributed by atoms with Crippen molar-refractivity contribution in [3.63, 3.8) is 0 Å². The molecule has 1 aromatic heterocycles. The highest BCUT2D eigenvalue weighted by atomic mass is 32.2. The summed E-state index contributed by atoms with van der Waals surface area (Å²) in [5.41, 5.74) is 2.02. The molecule has 0 unspecified atom stereocenters. The Hall–Kier alpha value is -2.91. The first-order valence-corrected chi connectivity index (χ1v) is 9.87. The first-order chi connectivity index (χ1) is 13.8. The summed E-state index contributed by atoms with van der Waals surface area (Å²) >= 11 is 6.13. The molecule has 2 aromatic rings. The average molecular weight is 431 g/mol. The SMILES string of the molecule is Cc1ccc(-c2ccc(/C=C3/SC(=S)N([C@H](CCC(=O)O)C(=O)O)C3=O)o2)cc1. The van der Waals surface area contributed by atoms with E-state index in [9.17, 15) is 19.5 Å². The van der Waals surface area contributed by atoms with Gasteiger partial charge in [0.25, 0.3) is 5.91 Å². The molecular weight excluding hydrogens is 414 g/mol. The second-order valence-electron chi connectivity index (χ2n) is 6.41. The number of carboxylic acids is 2. The van der Waals surface area contributed by atoms with Gasteiger partial charge in [-0.1, -0.05) is 53.8 Å². The van der Waals surface area contributed by atoms with Crippen molar-refractivity contribution in [3.8, 4) is 11.3 Å². The van der Waals surface area contributed by atoms with Crippen LogP contribution < -0.4 is 0 Å². The van der Waals surface area contributed by atoms with Gasteiger partial charge >= 0.3 is 11.9 Å². The zero-order valence-electron chi connectivity index (χ0n) is 15.3. The van der Waals surface area contributed by atoms with Crippen LogP contribution in [-0.2, 0) is 14.4 Å². The van der Waals surface area contributed by atoms with E-state index in [4.69, 9.17) is 21.7 Å². The topological polar surface area (TPSA) is 108 Å². The van der Waals surface area contributed by atoms with Crippen LogP contribution in [0.3, 0.4) is 0 Å². The average Bonchev–Trinajstić information content (AvgIpc) is 3.22. The van der Waals surface area contributed by atoms with Crippen LogP contribution in [0.25, 0.3) is 17.4 Å². The number of nitrogens with zero attached hydrogens (tertiary/aromatic N) is 1. The van der Waals surface area contributed by atoms with Crippen LogP contribution in [0.5, 0.6) is 0 Å². The predicted octanol–water partition coefficient (Wildman–Crippen LogP) is 3.77. The Morgan fingerprint density at radius 1 is 1.21 bits per heavy atom. The molecule has 9 heteroatoms. The Morgan fingerprint density at radius 3 is 2.52 bits per heavy atom. The van der Waals surface area contributed by atoms with Crippen LogP contribution in [0.4, 0.5) is 0 Å². The molecule has 3 rings (SSSR count). The molecule has 1 atom stereocenters. The molecule has 29 heavy (non-hydrogen) atoms. The minimum absolute atomic E-state index is 0.0735. The Kier molecular flexibility index (Phi) is 6.19. The monoisotopic (exact) mass is 431 g/mol. The van der Waals surface area contributed by atoms with Gasteiger partial charge in [-0.05, 0) is 25.5 Å². The number of aliphatic carboxylic acids is 2. The first kappa shape index (κ1) is 20.8. The smallest absolute Gasteiger partial charge is 0.326 e. The number of carbonyl (C=O) groups is 3. The molecule has 1 saturated heterocycles. The van der Waals surface area contributed by atoms with Gasteiger partial charge in [0.15, 0.2) is 0 Å². The van der Waals surface area contributed by atoms with Gasteiger partial charge in [-0.3, -0.25) is 14.5 Å². The summed E-state index contributed by atoms with van der Waals surface area (Å²) in [4.78, 5) is 36.2. The minimum atomic E-state index is -1.33. The lowest BCUT2D eigenvalue weighted by molar-refractivity contribution is -0.146. The summed E-state index contributed by atoms with van der Waals surface area (Å²) in [5.74, 6) is -1.96. The van der Waals surface area contributed by atoms with Crippen molar-refractivity contribution in [2.75, 3.05) is 0 Å². The number of rotatable bonds is 7. The van der Waals surface area contributed by atoms with Gasteiger partial charge in [0, 0.05) is 18.1 Å². The molecule has 1 aliphatic heterocycles. The number of thioether (sulfide) groups is 1. The van der Waals surface area contributed by atoms with Crippen LogP contribution in [0.1, 0.15) is 24.2 Å². The molecule has 0 aliphatic carbocycles. The van der Waals surface area contributed by atoms with Crippen molar-refractivity contribution in [1.82, 2.24) is 4.90 Å². The fourth-order valence-corrected chi connectivity index (χ4v) is 4.14. The largest absolute Gasteiger partial charge is 0.481 e. The Bertz CT molecular complexity index is 1010. The third-order valence-corrected chi connectivity index (χ3v) is 5.62. The Morgan fingerprint density at radius 2 is 1.90 bits per heavy atom. The summed E-state index contributed by atoms with van der Waals surface area (Å²) in [6.07, 6.45) is 0.890. The van der Waals surface area contributed by atoms with Crippen molar-refractivity contribution in [1.29, 1.82) is 0 Å². The van der Waals surface area contributed by atoms with E-state index in [2.05, 4.69) is 0 Å². The summed E-state index contributed by atoms with van der Waals surface area (Å²) < 4.78 is 5.85. The predicted molar refractivity (Wildman–Crippen MR) is 112 cm³/mol. The zero-order valence-corrected chi connectivity index (χ0v) is 17.0. The fraction of sp³-hybridized carbons (Fsp3) is 0.200. The summed E-state index contributed by atoms with van der Waals surface area (Å²) in [7, 11) is 0. The highest BCUT2D eigenvalue weighted by Crippen LogP contribution is 2.35. The van der Waals surface area contributed by atoms with E-state index < -0.39 is 23.9 Å². The van der Waals surface area contributed by atoms with Crippen LogP contribution in [-0.4, -0.2) is 43.3 Å². The third-order valence-electron chi connectivity index (χ3n) is 4.29. The summed E-state index contributed by atoms with van der Waals surface area (Å²) in [6.45, 7) is 1.99. The van der Waals surface area contributed by atoms with Gasteiger partial charge in [-0.2, -0.15) is 0 Å². The van der Waals surface area contributed by atoms with Crippen molar-refractivity contribution in [2.45, 2.75) is 25.8 Å². The van der Waals surface area contributed by atoms with Crippen molar-refractivity contribution < 1.29 is 29.0 Å². The molecule has 1 aliphatic rings. The second-order valence-corrected chi connectivity index (χ2v) is 8.08. The molecule has 0 radical (unpaired) electrons. The molecule has 0 saturated carbocycles. The number of furan rings is 1. The summed E-state index contributed by atoms with van der Waals surface area (Å²) in [6, 6.07) is 9.95. The molecule has 2 heterocycles. The quantitative estimate of drug-likeness (QED) is 0.504. The van der Waals surface area contributed by atoms with E-state index in [1.807, 2.05) is 31.2 Å². The highest BCUT2D eigenvalue weighted by molar-refractivity contribution is 8.26. The van der Waals surface area contributed by atoms with E-state index >= 15 is 0 Å². The molecule has 0 spiro atoms. The number of hydrogen-bond acceptors (Lipinski definition) is 6. The van der Waals surface area contributed by atoms with E-state index in [1.54, 1.807) is 12.1 Å². The first-order valence-electron chi connectivity index (χ1n) is 8.65. The van der Waals surface area contributed by atoms with Gasteiger partial charge < -0.3 is 14.6 Å². The molecule has 1 fully saturated rings. The van der Waals surface area contributed by atoms with Gasteiger partial charge in [0.1, 0.15) is 21.9 Å². The number of amides is 1. The normalized spacial score (nSPS) is 16.4. The van der Waals surface area contributed by atoms with Crippen molar-refractivity contribution in [2.24, 2.45) is 0 Å². The Labute approximate surface area is 176 Å². The Balaban J connectivity index is 1.81. The number of carboxylic acid groups (broad SMARTS) is 2. The van der Waals surface area contributed by atoms with E-state index in [1.165, 1.54) is 6.08 Å². The number of hydrogen-bond donors (Lipinski definition) is 2. The summed E-state index contributed by atoms with van der Waals surface area (Å²) in [5, 5.41) is 18.2. The lowest BCUT2D eigenvalue weighted by atomic mass is 10.1. The molecule has 150 valence electrons. The van der Waals surface area contributed by atoms with Gasteiger partial charge in [0.2, 0.25) is 0 Å². The highest BCUT2D eigenvalue weighted by Gasteiger charge is 2.40. The van der Waals surface area contributed by atoms with Crippen LogP contribution in [0.2, 0.25) is 0 Å². The second kappa shape index (κ2) is 8.62. The van der Waals surface area contributed by atoms with Gasteiger partial charge in [-0.15, -0.1) is 0 Å². The number of thiocarbonyl (C=S) groups is 1. The fourth-order valence-electron chi connectivity index (χ4n) is 2.80. The van der Waals surface area contributed by atoms with E-state index in [0.29, 0.717) is 11.5 Å². The van der Waals surface area contributed by atoms with E-state index in [-0.39, 0.29) is 22.1 Å². The van der Waals surface area contributed by atoms with Crippen LogP contribution in [0.15, 0.2) is 45.7 Å². The maximum atomic E-state index is 12.7. The number of benzene rings is 1. The van der Waals surface area contributed by atoms with Crippen LogP contribution >= 0.6 is 24.0 Å². The minimum Gasteiger partial charge on any atom is -0.481 e. The standard InChI is InChI=1S/C20H17NO6S2/c1-11-2-4-12(5-3-11)15-8-6-13(27-15)10-16-18(24)21(20(28)29-16)14(19(25)26)7-9-17(22)23/h2-6,8,10,14H,7,9H2,1H3,(H,22,23)(H,25,26)/b16-10+/t14-/m1/s1. The molecule has 1 amide bonds. The van der Waals surface area contributed by atoms with Crippen molar-refractivity contribution in [3.05, 3.63) is 52.6 Å². The molecular formula is C20H17NO6S2. The zero-order chi connectivity index (χ0) is 21.1.